The fourth-order valence-electron chi connectivity index (χ4n) is 3.91. The molecule has 0 N–H and O–H groups in total. The van der Waals surface area contributed by atoms with Gasteiger partial charge in [0.05, 0.1) is 24.3 Å². The summed E-state index contributed by atoms with van der Waals surface area (Å²) in [5.41, 5.74) is 6.89. The van der Waals surface area contributed by atoms with Crippen LogP contribution in [-0.4, -0.2) is 37.5 Å². The third-order valence-corrected chi connectivity index (χ3v) is 5.41. The van der Waals surface area contributed by atoms with Crippen LogP contribution in [0.5, 0.6) is 0 Å². The zero-order chi connectivity index (χ0) is 20.0. The van der Waals surface area contributed by atoms with Crippen LogP contribution in [-0.2, 0) is 26.6 Å². The summed E-state index contributed by atoms with van der Waals surface area (Å²) in [5, 5.41) is 5.19. The lowest BCUT2D eigenvalue weighted by Crippen LogP contribution is -2.07. The van der Waals surface area contributed by atoms with E-state index >= 15 is 0 Å². The number of aryl methyl sites for hydroxylation is 1. The summed E-state index contributed by atoms with van der Waals surface area (Å²) in [7, 11) is 3.98. The smallest absolute Gasteiger partial charge is 0.168 e. The molecule has 0 atom stereocenters. The second kappa shape index (κ2) is 6.90. The van der Waals surface area contributed by atoms with Crippen LogP contribution in [0.2, 0.25) is 0 Å². The molecule has 1 aliphatic heterocycles. The highest BCUT2D eigenvalue weighted by atomic mass is 16.1. The minimum Gasteiger partial charge on any atom is -0.298 e. The van der Waals surface area contributed by atoms with Crippen molar-refractivity contribution in [2.45, 2.75) is 19.5 Å². The average molecular weight is 383 g/mol. The van der Waals surface area contributed by atoms with Crippen LogP contribution >= 0.6 is 0 Å². The van der Waals surface area contributed by atoms with E-state index in [1.54, 1.807) is 10.9 Å². The van der Waals surface area contributed by atoms with E-state index in [1.807, 2.05) is 43.8 Å². The Labute approximate surface area is 168 Å². The first kappa shape index (κ1) is 17.7. The van der Waals surface area contributed by atoms with Crippen LogP contribution in [0, 0.1) is 0 Å². The Kier molecular flexibility index (Phi) is 4.21. The van der Waals surface area contributed by atoms with Gasteiger partial charge in [0.1, 0.15) is 0 Å². The summed E-state index contributed by atoms with van der Waals surface area (Å²) in [6.07, 6.45) is 7.62. The van der Waals surface area contributed by atoms with Crippen LogP contribution in [0.1, 0.15) is 27.2 Å². The predicted octanol–water partition coefficient (Wildman–Crippen LogP) is 3.40. The minimum absolute atomic E-state index is 0.0885. The number of hydrogen-bond donors (Lipinski definition) is 0. The van der Waals surface area contributed by atoms with Gasteiger partial charge >= 0.3 is 0 Å². The summed E-state index contributed by atoms with van der Waals surface area (Å²) in [6, 6.07) is 10.1. The number of Topliss-reactive ketones (excluding diaryl/α,β-unsaturated/α-hetero) is 1. The number of pyridine rings is 2. The number of ketones is 1. The molecule has 144 valence electrons. The molecule has 0 saturated heterocycles. The number of carbonyl (C=O) groups excluding carboxylic acids is 1. The highest BCUT2D eigenvalue weighted by Gasteiger charge is 2.18. The summed E-state index contributed by atoms with van der Waals surface area (Å²) < 4.78 is 1.77. The SMILES string of the molecule is CN1Cc2ccc(C(=O)Cc3cc4cc(-c5cnn(C)c5)cnc4cn3)cc2C1. The number of benzene rings is 1. The van der Waals surface area contributed by atoms with Crippen molar-refractivity contribution in [1.82, 2.24) is 24.6 Å². The fourth-order valence-corrected chi connectivity index (χ4v) is 3.91. The lowest BCUT2D eigenvalue weighted by atomic mass is 10.0. The number of carbonyl (C=O) groups is 1. The molecule has 0 radical (unpaired) electrons. The quantitative estimate of drug-likeness (QED) is 0.506. The Balaban J connectivity index is 1.41. The number of hydrogen-bond acceptors (Lipinski definition) is 5. The Morgan fingerprint density at radius 2 is 1.83 bits per heavy atom. The van der Waals surface area contributed by atoms with E-state index in [9.17, 15) is 4.79 Å². The summed E-state index contributed by atoms with van der Waals surface area (Å²) in [4.78, 5) is 24.0. The maximum Gasteiger partial charge on any atom is 0.168 e. The normalized spacial score (nSPS) is 13.7. The molecule has 0 spiro atoms. The molecule has 0 fully saturated rings. The molecule has 0 aliphatic carbocycles. The number of nitrogens with zero attached hydrogens (tertiary/aromatic N) is 5. The number of aromatic nitrogens is 4. The third kappa shape index (κ3) is 3.43. The van der Waals surface area contributed by atoms with Crippen LogP contribution in [0.15, 0.2) is 55.1 Å². The van der Waals surface area contributed by atoms with E-state index < -0.39 is 0 Å². The maximum atomic E-state index is 12.8. The molecule has 0 saturated carbocycles. The highest BCUT2D eigenvalue weighted by molar-refractivity contribution is 5.98. The molecule has 3 aromatic heterocycles. The Morgan fingerprint density at radius 1 is 0.966 bits per heavy atom. The van der Waals surface area contributed by atoms with E-state index in [1.165, 1.54) is 11.1 Å². The van der Waals surface area contributed by atoms with Crippen molar-refractivity contribution >= 4 is 16.7 Å². The molecule has 1 aliphatic rings. The fraction of sp³-hybridized carbons (Fsp3) is 0.217. The predicted molar refractivity (Wildman–Crippen MR) is 111 cm³/mol. The summed E-state index contributed by atoms with van der Waals surface area (Å²) in [6.45, 7) is 1.84. The van der Waals surface area contributed by atoms with Gasteiger partial charge in [-0.15, -0.1) is 0 Å². The zero-order valence-electron chi connectivity index (χ0n) is 16.5. The van der Waals surface area contributed by atoms with Crippen LogP contribution in [0.3, 0.4) is 0 Å². The molecule has 0 bridgehead atoms. The molecule has 4 aromatic rings. The van der Waals surface area contributed by atoms with Gasteiger partial charge in [0.25, 0.3) is 0 Å². The van der Waals surface area contributed by atoms with Gasteiger partial charge in [-0.05, 0) is 36.4 Å². The van der Waals surface area contributed by atoms with E-state index in [-0.39, 0.29) is 12.2 Å². The lowest BCUT2D eigenvalue weighted by Gasteiger charge is -2.06. The average Bonchev–Trinajstić information content (AvgIpc) is 3.31. The van der Waals surface area contributed by atoms with Gasteiger partial charge < -0.3 is 0 Å². The van der Waals surface area contributed by atoms with Crippen LogP contribution in [0.4, 0.5) is 0 Å². The zero-order valence-corrected chi connectivity index (χ0v) is 16.5. The number of fused-ring (bicyclic) bond motifs is 2. The molecule has 29 heavy (non-hydrogen) atoms. The van der Waals surface area contributed by atoms with Gasteiger partial charge in [-0.1, -0.05) is 12.1 Å². The van der Waals surface area contributed by atoms with Crippen LogP contribution < -0.4 is 0 Å². The minimum atomic E-state index is 0.0885. The van der Waals surface area contributed by atoms with Gasteiger partial charge in [0.2, 0.25) is 0 Å². The van der Waals surface area contributed by atoms with Gasteiger partial charge in [-0.2, -0.15) is 5.10 Å². The molecule has 0 amide bonds. The first-order chi connectivity index (χ1) is 14.0. The van der Waals surface area contributed by atoms with Gasteiger partial charge in [0, 0.05) is 60.3 Å². The Morgan fingerprint density at radius 3 is 2.66 bits per heavy atom. The highest BCUT2D eigenvalue weighted by Crippen LogP contribution is 2.24. The van der Waals surface area contributed by atoms with Crippen molar-refractivity contribution in [3.8, 4) is 11.1 Å². The maximum absolute atomic E-state index is 12.8. The second-order valence-electron chi connectivity index (χ2n) is 7.75. The summed E-state index contributed by atoms with van der Waals surface area (Å²) >= 11 is 0. The van der Waals surface area contributed by atoms with Crippen molar-refractivity contribution in [2.75, 3.05) is 7.05 Å². The van der Waals surface area contributed by atoms with Gasteiger partial charge in [-0.3, -0.25) is 24.3 Å². The van der Waals surface area contributed by atoms with Gasteiger partial charge in [-0.25, -0.2) is 0 Å². The van der Waals surface area contributed by atoms with Crippen molar-refractivity contribution < 1.29 is 4.79 Å². The van der Waals surface area contributed by atoms with E-state index in [2.05, 4.69) is 39.1 Å². The topological polar surface area (TPSA) is 63.9 Å². The Bertz CT molecular complexity index is 1240. The van der Waals surface area contributed by atoms with Gasteiger partial charge in [0.15, 0.2) is 5.78 Å². The van der Waals surface area contributed by atoms with E-state index in [0.717, 1.165) is 46.4 Å². The second-order valence-corrected chi connectivity index (χ2v) is 7.75. The van der Waals surface area contributed by atoms with Crippen LogP contribution in [0.25, 0.3) is 22.0 Å². The van der Waals surface area contributed by atoms with E-state index in [4.69, 9.17) is 0 Å². The molecule has 4 heterocycles. The molecular formula is C23H21N5O. The molecule has 1 aromatic carbocycles. The first-order valence-corrected chi connectivity index (χ1v) is 9.62. The Hall–Kier alpha value is -3.38. The van der Waals surface area contributed by atoms with Crippen molar-refractivity contribution in [2.24, 2.45) is 7.05 Å². The van der Waals surface area contributed by atoms with Crippen molar-refractivity contribution in [3.05, 3.63) is 77.5 Å². The van der Waals surface area contributed by atoms with Crippen molar-refractivity contribution in [3.63, 3.8) is 0 Å². The van der Waals surface area contributed by atoms with E-state index in [0.29, 0.717) is 0 Å². The molecule has 6 heteroatoms. The number of rotatable bonds is 4. The third-order valence-electron chi connectivity index (χ3n) is 5.41. The molecule has 0 unspecified atom stereocenters. The lowest BCUT2D eigenvalue weighted by molar-refractivity contribution is 0.0992. The largest absolute Gasteiger partial charge is 0.298 e. The summed E-state index contributed by atoms with van der Waals surface area (Å²) in [5.74, 6) is 0.0885. The monoisotopic (exact) mass is 383 g/mol. The first-order valence-electron chi connectivity index (χ1n) is 9.62. The molecular weight excluding hydrogens is 362 g/mol. The standard InChI is InChI=1S/C23H21N5O/c1-27-12-16-4-3-15(5-19(16)13-27)23(29)8-21-7-17-6-18(9-25-22(17)11-24-21)20-10-26-28(2)14-20/h3-7,9-11,14H,8,12-13H2,1-2H3. The molecule has 6 nitrogen and oxygen atoms in total. The van der Waals surface area contributed by atoms with Crippen molar-refractivity contribution in [1.29, 1.82) is 0 Å². The molecule has 5 rings (SSSR count).